The normalized spacial score (nSPS) is 11.1. The molecule has 3 rings (SSSR count). The summed E-state index contributed by atoms with van der Waals surface area (Å²) < 4.78 is 6.08. The number of carbonyl (C=O) groups is 1. The number of primary amides is 1. The molecule has 0 aromatic heterocycles. The minimum atomic E-state index is -0.440. The Balaban J connectivity index is 1.63. The fraction of sp³-hybridized carbons (Fsp3) is 0.167. The number of amides is 1. The Bertz CT molecular complexity index is 1030. The van der Waals surface area contributed by atoms with E-state index in [4.69, 9.17) is 10.5 Å². The summed E-state index contributed by atoms with van der Waals surface area (Å²) in [5, 5.41) is 6.55. The molecule has 1 amide bonds. The fourth-order valence-corrected chi connectivity index (χ4v) is 2.94. The van der Waals surface area contributed by atoms with Crippen molar-refractivity contribution < 1.29 is 9.53 Å². The highest BCUT2D eigenvalue weighted by Gasteiger charge is 2.08. The predicted octanol–water partition coefficient (Wildman–Crippen LogP) is 3.75. The van der Waals surface area contributed by atoms with E-state index in [0.29, 0.717) is 24.6 Å². The number of benzene rings is 3. The lowest BCUT2D eigenvalue weighted by atomic mass is 10.1. The number of aryl methyl sites for hydroxylation is 1. The first kappa shape index (κ1) is 20.9. The molecule has 3 aromatic carbocycles. The molecule has 4 N–H and O–H groups in total. The van der Waals surface area contributed by atoms with E-state index in [1.165, 1.54) is 0 Å². The summed E-state index contributed by atoms with van der Waals surface area (Å²) in [5.74, 6) is 1.80. The quantitative estimate of drug-likeness (QED) is 0.415. The second-order valence-electron chi connectivity index (χ2n) is 6.87. The van der Waals surface area contributed by atoms with E-state index in [1.54, 1.807) is 19.2 Å². The molecule has 0 aliphatic rings. The molecule has 154 valence electrons. The minimum Gasteiger partial charge on any atom is -0.457 e. The number of nitrogens with one attached hydrogen (secondary N) is 2. The maximum atomic E-state index is 11.3. The zero-order chi connectivity index (χ0) is 21.3. The molecule has 0 aliphatic heterocycles. The molecule has 0 heterocycles. The standard InChI is InChI=1S/C24H26N4O2/c1-17-11-12-20(22(13-17)30-21-9-4-3-5-10-21)16-28-24(26-2)27-15-18-7-6-8-19(14-18)23(25)29/h3-14H,15-16H2,1-2H3,(H2,25,29)(H2,26,27,28). The lowest BCUT2D eigenvalue weighted by molar-refractivity contribution is 0.1000. The van der Waals surface area contributed by atoms with Gasteiger partial charge in [0.05, 0.1) is 0 Å². The first-order valence-electron chi connectivity index (χ1n) is 9.71. The number of guanidine groups is 1. The van der Waals surface area contributed by atoms with Crippen LogP contribution >= 0.6 is 0 Å². The van der Waals surface area contributed by atoms with Crippen molar-refractivity contribution in [1.82, 2.24) is 10.6 Å². The van der Waals surface area contributed by atoms with Gasteiger partial charge in [-0.3, -0.25) is 9.79 Å². The highest BCUT2D eigenvalue weighted by molar-refractivity contribution is 5.92. The SMILES string of the molecule is CN=C(NCc1cccc(C(N)=O)c1)NCc1ccc(C)cc1Oc1ccccc1. The van der Waals surface area contributed by atoms with Gasteiger partial charge in [0.2, 0.25) is 5.91 Å². The second kappa shape index (κ2) is 10.1. The zero-order valence-corrected chi connectivity index (χ0v) is 17.2. The average Bonchev–Trinajstić information content (AvgIpc) is 2.76. The maximum Gasteiger partial charge on any atom is 0.248 e. The van der Waals surface area contributed by atoms with E-state index in [2.05, 4.69) is 21.7 Å². The maximum absolute atomic E-state index is 11.3. The molecule has 0 radical (unpaired) electrons. The molecule has 0 saturated heterocycles. The number of hydrogen-bond donors (Lipinski definition) is 3. The molecule has 6 nitrogen and oxygen atoms in total. The second-order valence-corrected chi connectivity index (χ2v) is 6.87. The first-order chi connectivity index (χ1) is 14.5. The number of ether oxygens (including phenoxy) is 1. The molecule has 6 heteroatoms. The van der Waals surface area contributed by atoms with Crippen LogP contribution in [0.25, 0.3) is 0 Å². The summed E-state index contributed by atoms with van der Waals surface area (Å²) in [6.45, 7) is 3.10. The van der Waals surface area contributed by atoms with Crippen molar-refractivity contribution in [3.8, 4) is 11.5 Å². The molecule has 0 saturated carbocycles. The number of nitrogens with zero attached hydrogens (tertiary/aromatic N) is 1. The summed E-state index contributed by atoms with van der Waals surface area (Å²) in [4.78, 5) is 15.6. The van der Waals surface area contributed by atoms with Gasteiger partial charge >= 0.3 is 0 Å². The van der Waals surface area contributed by atoms with Crippen molar-refractivity contribution in [3.05, 3.63) is 95.1 Å². The number of aliphatic imine (C=N–C) groups is 1. The number of carbonyl (C=O) groups excluding carboxylic acids is 1. The van der Waals surface area contributed by atoms with Gasteiger partial charge in [-0.1, -0.05) is 42.5 Å². The molecule has 0 atom stereocenters. The van der Waals surface area contributed by atoms with Gasteiger partial charge in [0.25, 0.3) is 0 Å². The Labute approximate surface area is 176 Å². The smallest absolute Gasteiger partial charge is 0.248 e. The largest absolute Gasteiger partial charge is 0.457 e. The van der Waals surface area contributed by atoms with Crippen molar-refractivity contribution in [2.45, 2.75) is 20.0 Å². The average molecular weight is 402 g/mol. The molecular weight excluding hydrogens is 376 g/mol. The third-order valence-corrected chi connectivity index (χ3v) is 4.54. The molecule has 0 aliphatic carbocycles. The number of rotatable bonds is 7. The van der Waals surface area contributed by atoms with Crippen LogP contribution < -0.4 is 21.1 Å². The molecular formula is C24H26N4O2. The van der Waals surface area contributed by atoms with Crippen molar-refractivity contribution >= 4 is 11.9 Å². The van der Waals surface area contributed by atoms with Crippen LogP contribution in [-0.4, -0.2) is 18.9 Å². The number of hydrogen-bond acceptors (Lipinski definition) is 3. The minimum absolute atomic E-state index is 0.440. The zero-order valence-electron chi connectivity index (χ0n) is 17.2. The van der Waals surface area contributed by atoms with Crippen LogP contribution in [-0.2, 0) is 13.1 Å². The molecule has 30 heavy (non-hydrogen) atoms. The Kier molecular flexibility index (Phi) is 7.05. The highest BCUT2D eigenvalue weighted by atomic mass is 16.5. The van der Waals surface area contributed by atoms with Crippen molar-refractivity contribution in [2.24, 2.45) is 10.7 Å². The van der Waals surface area contributed by atoms with E-state index >= 15 is 0 Å². The summed E-state index contributed by atoms with van der Waals surface area (Å²) in [6.07, 6.45) is 0. The lowest BCUT2D eigenvalue weighted by Crippen LogP contribution is -2.36. The highest BCUT2D eigenvalue weighted by Crippen LogP contribution is 2.26. The summed E-state index contributed by atoms with van der Waals surface area (Å²) in [7, 11) is 1.71. The van der Waals surface area contributed by atoms with Crippen LogP contribution in [0.3, 0.4) is 0 Å². The van der Waals surface area contributed by atoms with Crippen LogP contribution in [0.2, 0.25) is 0 Å². The van der Waals surface area contributed by atoms with E-state index in [0.717, 1.165) is 28.2 Å². The number of nitrogens with two attached hydrogens (primary N) is 1. The van der Waals surface area contributed by atoms with E-state index in [-0.39, 0.29) is 0 Å². The molecule has 0 unspecified atom stereocenters. The van der Waals surface area contributed by atoms with Crippen LogP contribution in [0.5, 0.6) is 11.5 Å². The summed E-state index contributed by atoms with van der Waals surface area (Å²) in [5.41, 5.74) is 8.92. The van der Waals surface area contributed by atoms with Gasteiger partial charge in [-0.15, -0.1) is 0 Å². The lowest BCUT2D eigenvalue weighted by Gasteiger charge is -2.15. The van der Waals surface area contributed by atoms with Crippen LogP contribution in [0.1, 0.15) is 27.0 Å². The topological polar surface area (TPSA) is 88.7 Å². The van der Waals surface area contributed by atoms with Gasteiger partial charge in [0.15, 0.2) is 5.96 Å². The monoisotopic (exact) mass is 402 g/mol. The van der Waals surface area contributed by atoms with Gasteiger partial charge in [-0.25, -0.2) is 0 Å². The van der Waals surface area contributed by atoms with Crippen molar-refractivity contribution in [3.63, 3.8) is 0 Å². The van der Waals surface area contributed by atoms with Gasteiger partial charge in [-0.05, 0) is 48.4 Å². The Morgan fingerprint density at radius 1 is 0.967 bits per heavy atom. The van der Waals surface area contributed by atoms with E-state index in [1.807, 2.05) is 61.5 Å². The van der Waals surface area contributed by atoms with Crippen molar-refractivity contribution in [1.29, 1.82) is 0 Å². The van der Waals surface area contributed by atoms with Crippen LogP contribution in [0, 0.1) is 6.92 Å². The van der Waals surface area contributed by atoms with Crippen LogP contribution in [0.15, 0.2) is 77.8 Å². The fourth-order valence-electron chi connectivity index (χ4n) is 2.94. The Morgan fingerprint density at radius 2 is 1.73 bits per heavy atom. The van der Waals surface area contributed by atoms with E-state index in [9.17, 15) is 4.79 Å². The molecule has 0 bridgehead atoms. The van der Waals surface area contributed by atoms with Gasteiger partial charge in [-0.2, -0.15) is 0 Å². The first-order valence-corrected chi connectivity index (χ1v) is 9.71. The predicted molar refractivity (Wildman–Crippen MR) is 120 cm³/mol. The third kappa shape index (κ3) is 5.85. The third-order valence-electron chi connectivity index (χ3n) is 4.54. The van der Waals surface area contributed by atoms with E-state index < -0.39 is 5.91 Å². The van der Waals surface area contributed by atoms with Gasteiger partial charge in [0.1, 0.15) is 11.5 Å². The molecule has 0 fully saturated rings. The molecule has 3 aromatic rings. The molecule has 0 spiro atoms. The Hall–Kier alpha value is -3.80. The van der Waals surface area contributed by atoms with Crippen LogP contribution in [0.4, 0.5) is 0 Å². The van der Waals surface area contributed by atoms with Crippen molar-refractivity contribution in [2.75, 3.05) is 7.05 Å². The summed E-state index contributed by atoms with van der Waals surface area (Å²) >= 11 is 0. The summed E-state index contributed by atoms with van der Waals surface area (Å²) in [6, 6.07) is 23.1. The van der Waals surface area contributed by atoms with Gasteiger partial charge in [0, 0.05) is 31.3 Å². The Morgan fingerprint density at radius 3 is 2.47 bits per heavy atom. The van der Waals surface area contributed by atoms with Gasteiger partial charge < -0.3 is 21.1 Å². The number of para-hydroxylation sites is 1.